The fourth-order valence-electron chi connectivity index (χ4n) is 9.20. The molecule has 18 nitrogen and oxygen atoms in total. The van der Waals surface area contributed by atoms with Crippen LogP contribution >= 0.6 is 11.3 Å². The molecule has 5 rings (SSSR count). The molecule has 0 saturated carbocycles. The Hall–Kier alpha value is -4.31. The number of ether oxygens (including phenoxy) is 6. The highest BCUT2D eigenvalue weighted by atomic mass is 32.1. The molecule has 0 unspecified atom stereocenters. The number of pyridine rings is 1. The number of aliphatic imine (C=N–C) groups is 1. The first-order valence-corrected chi connectivity index (χ1v) is 23.3. The number of fused-ring (bicyclic) bond motifs is 5. The third-order valence-electron chi connectivity index (χ3n) is 12.7. The number of rotatable bonds is 10. The van der Waals surface area contributed by atoms with Crippen LogP contribution < -0.4 is 5.73 Å². The van der Waals surface area contributed by atoms with Gasteiger partial charge in [0, 0.05) is 48.0 Å². The van der Waals surface area contributed by atoms with Gasteiger partial charge in [-0.15, -0.1) is 11.3 Å². The number of halogens is 1. The van der Waals surface area contributed by atoms with Gasteiger partial charge in [-0.25, -0.2) is 19.2 Å². The minimum absolute atomic E-state index is 0.0261. The van der Waals surface area contributed by atoms with Gasteiger partial charge in [-0.05, 0) is 79.1 Å². The van der Waals surface area contributed by atoms with Crippen LogP contribution in [0.1, 0.15) is 101 Å². The molecule has 66 heavy (non-hydrogen) atoms. The number of amides is 1. The molecule has 0 aliphatic carbocycles. The standard InChI is InChI=1S/C46H67FN6O12S/c1-13-33-46(10,58)40-26(5)36(51-35(55)14-2)24(3)18-44(8,60-21-31(20-59-40)52-61-22-30-16-15-29(19-49-30)41-50-34(48)23-66-41)39(27(6)38(56)45(9,47)43(57)64-33)65-42-37(63-28(7)54)32(53(11)12)17-25(4)62-42/h15-16,19,23-27,32-33,37,39-40,42,58H,13-14,17-18,20-22,48H2,1-12H3/t24-,25-,26+,27+,32+,33-,37-,39-,40-,42+,44-,45+,46-/m1/s1. The molecule has 0 radical (unpaired) electrons. The maximum Gasteiger partial charge on any atom is 0.351 e. The fraction of sp³-hybridized carbons (Fsp3) is 0.696. The largest absolute Gasteiger partial charge is 0.457 e. The Morgan fingerprint density at radius 1 is 1.09 bits per heavy atom. The number of cyclic esters (lactones) is 1. The topological polar surface area (TPSA) is 233 Å². The van der Waals surface area contributed by atoms with Crippen LogP contribution in [0.3, 0.4) is 0 Å². The molecular weight excluding hydrogens is 880 g/mol. The molecule has 20 heteroatoms. The van der Waals surface area contributed by atoms with E-state index in [2.05, 4.69) is 20.1 Å². The molecule has 0 aromatic carbocycles. The Bertz CT molecular complexity index is 2100. The zero-order chi connectivity index (χ0) is 48.9. The number of nitrogens with zero attached hydrogens (tertiary/aromatic N) is 5. The number of Topliss-reactive ketones (excluding diaryl/α,β-unsaturated/α-hetero) is 1. The molecule has 0 spiro atoms. The summed E-state index contributed by atoms with van der Waals surface area (Å²) in [6, 6.07) is 3.18. The number of thiazole rings is 1. The summed E-state index contributed by atoms with van der Waals surface area (Å²) in [4.78, 5) is 75.7. The van der Waals surface area contributed by atoms with E-state index in [1.807, 2.05) is 38.9 Å². The maximum atomic E-state index is 17.1. The van der Waals surface area contributed by atoms with Crippen molar-refractivity contribution in [1.29, 1.82) is 0 Å². The molecular formula is C46H67FN6O12S. The van der Waals surface area contributed by atoms with Crippen molar-refractivity contribution >= 4 is 52.2 Å². The Kier molecular flexibility index (Phi) is 17.4. The molecule has 3 aliphatic rings. The SMILES string of the molecule is CCC(=O)N=C1[C@H](C)C[C@@]2(C)OCC(=NOCc3ccc(-c4nc(N)cs4)cn3)CO[C@H]([C@H]1C)[C@](C)(O)[C@@H](CC)OC(=O)[C@@](C)(F)C(=O)[C@H](C)[C@H]2O[C@@H]1O[C@H](C)C[C@H](N(C)C)[C@H]1OC(C)=O. The van der Waals surface area contributed by atoms with Crippen molar-refractivity contribution in [2.75, 3.05) is 33.0 Å². The smallest absolute Gasteiger partial charge is 0.351 e. The van der Waals surface area contributed by atoms with Gasteiger partial charge in [-0.3, -0.25) is 19.4 Å². The Morgan fingerprint density at radius 3 is 2.39 bits per heavy atom. The molecule has 2 bridgehead atoms. The first kappa shape index (κ1) is 52.7. The molecule has 13 atom stereocenters. The molecule has 2 aromatic heterocycles. The number of carbonyl (C=O) groups is 4. The van der Waals surface area contributed by atoms with E-state index in [0.29, 0.717) is 28.7 Å². The van der Waals surface area contributed by atoms with Gasteiger partial charge in [0.1, 0.15) is 28.2 Å². The summed E-state index contributed by atoms with van der Waals surface area (Å²) in [6.07, 6.45) is -4.81. The minimum Gasteiger partial charge on any atom is -0.457 e. The van der Waals surface area contributed by atoms with Crippen LogP contribution in [0.15, 0.2) is 33.9 Å². The highest BCUT2D eigenvalue weighted by Gasteiger charge is 2.57. The van der Waals surface area contributed by atoms with Crippen LogP contribution in [-0.4, -0.2) is 142 Å². The van der Waals surface area contributed by atoms with Gasteiger partial charge in [0.15, 0.2) is 24.8 Å². The van der Waals surface area contributed by atoms with Crippen LogP contribution in [0, 0.1) is 17.8 Å². The number of aliphatic hydroxyl groups is 1. The average molecular weight is 947 g/mol. The fourth-order valence-corrected chi connectivity index (χ4v) is 9.90. The van der Waals surface area contributed by atoms with Crippen molar-refractivity contribution < 1.29 is 61.9 Å². The first-order valence-electron chi connectivity index (χ1n) is 22.4. The van der Waals surface area contributed by atoms with Crippen molar-refractivity contribution in [3.8, 4) is 10.6 Å². The van der Waals surface area contributed by atoms with E-state index < -0.39 is 101 Å². The number of likely N-dealkylation sites (N-methyl/N-ethyl adjacent to an activating group) is 1. The van der Waals surface area contributed by atoms with Crippen molar-refractivity contribution in [3.05, 3.63) is 29.4 Å². The van der Waals surface area contributed by atoms with Crippen molar-refractivity contribution in [2.45, 2.75) is 161 Å². The molecule has 3 saturated heterocycles. The molecule has 1 amide bonds. The summed E-state index contributed by atoms with van der Waals surface area (Å²) in [5, 5.41) is 19.4. The summed E-state index contributed by atoms with van der Waals surface area (Å²) in [5.41, 5.74) is 0.651. The first-order chi connectivity index (χ1) is 30.9. The number of alkyl halides is 1. The Labute approximate surface area is 390 Å². The van der Waals surface area contributed by atoms with Crippen LogP contribution in [0.4, 0.5) is 10.2 Å². The van der Waals surface area contributed by atoms with Crippen molar-refractivity contribution in [1.82, 2.24) is 14.9 Å². The van der Waals surface area contributed by atoms with Gasteiger partial charge in [0.25, 0.3) is 5.67 Å². The lowest BCUT2D eigenvalue weighted by Gasteiger charge is -2.48. The number of ketones is 1. The number of aromatic nitrogens is 2. The number of nitrogen functional groups attached to an aromatic ring is 1. The second-order valence-electron chi connectivity index (χ2n) is 18.5. The van der Waals surface area contributed by atoms with E-state index in [0.717, 1.165) is 12.5 Å². The lowest BCUT2D eigenvalue weighted by atomic mass is 9.73. The third kappa shape index (κ3) is 12.0. The normalized spacial score (nSPS) is 36.3. The van der Waals surface area contributed by atoms with E-state index in [-0.39, 0.29) is 44.8 Å². The number of anilines is 1. The summed E-state index contributed by atoms with van der Waals surface area (Å²) < 4.78 is 55.4. The minimum atomic E-state index is -3.26. The molecule has 366 valence electrons. The summed E-state index contributed by atoms with van der Waals surface area (Å²) >= 11 is 1.39. The van der Waals surface area contributed by atoms with Gasteiger partial charge in [-0.1, -0.05) is 39.8 Å². The van der Waals surface area contributed by atoms with Crippen LogP contribution in [0.2, 0.25) is 0 Å². The number of esters is 2. The number of hydrogen-bond donors (Lipinski definition) is 2. The van der Waals surface area contributed by atoms with E-state index >= 15 is 4.39 Å². The lowest BCUT2D eigenvalue weighted by molar-refractivity contribution is -0.299. The van der Waals surface area contributed by atoms with E-state index in [4.69, 9.17) is 39.0 Å². The number of oxime groups is 1. The van der Waals surface area contributed by atoms with Gasteiger partial charge >= 0.3 is 11.9 Å². The molecule has 3 aliphatic heterocycles. The second-order valence-corrected chi connectivity index (χ2v) is 19.3. The molecule has 3 N–H and O–H groups in total. The predicted molar refractivity (Wildman–Crippen MR) is 243 cm³/mol. The summed E-state index contributed by atoms with van der Waals surface area (Å²) in [7, 11) is 3.65. The average Bonchev–Trinajstić information content (AvgIpc) is 3.69. The van der Waals surface area contributed by atoms with E-state index in [1.54, 1.807) is 45.3 Å². The number of carbonyl (C=O) groups excluding carboxylic acids is 4. The third-order valence-corrected chi connectivity index (χ3v) is 13.6. The zero-order valence-corrected chi connectivity index (χ0v) is 40.9. The molecule has 2 aromatic rings. The monoisotopic (exact) mass is 946 g/mol. The van der Waals surface area contributed by atoms with Crippen molar-refractivity contribution in [2.24, 2.45) is 27.9 Å². The zero-order valence-electron chi connectivity index (χ0n) is 40.1. The number of nitrogens with two attached hydrogens (primary N) is 1. The van der Waals surface area contributed by atoms with E-state index in [9.17, 15) is 24.3 Å². The van der Waals surface area contributed by atoms with Crippen LogP contribution in [-0.2, 0) is 59.0 Å². The van der Waals surface area contributed by atoms with E-state index in [1.165, 1.54) is 32.1 Å². The predicted octanol–water partition coefficient (Wildman–Crippen LogP) is 5.28. The van der Waals surface area contributed by atoms with Gasteiger partial charge < -0.3 is 49.0 Å². The number of hydrogen-bond acceptors (Lipinski definition) is 18. The highest BCUT2D eigenvalue weighted by Crippen LogP contribution is 2.41. The maximum absolute atomic E-state index is 17.1. The highest BCUT2D eigenvalue weighted by molar-refractivity contribution is 7.13. The van der Waals surface area contributed by atoms with Gasteiger partial charge in [0.05, 0.1) is 48.9 Å². The molecule has 3 fully saturated rings. The molecule has 5 heterocycles. The second kappa shape index (κ2) is 21.8. The Balaban J connectivity index is 1.69. The van der Waals surface area contributed by atoms with Gasteiger partial charge in [0.2, 0.25) is 5.91 Å². The Morgan fingerprint density at radius 2 is 1.80 bits per heavy atom. The van der Waals surface area contributed by atoms with Crippen LogP contribution in [0.5, 0.6) is 0 Å². The van der Waals surface area contributed by atoms with Crippen LogP contribution in [0.25, 0.3) is 10.6 Å². The van der Waals surface area contributed by atoms with Crippen molar-refractivity contribution in [3.63, 3.8) is 0 Å². The summed E-state index contributed by atoms with van der Waals surface area (Å²) in [5.74, 6) is -6.38. The lowest BCUT2D eigenvalue weighted by Crippen LogP contribution is -2.62. The quantitative estimate of drug-likeness (QED) is 0.175. The van der Waals surface area contributed by atoms with Gasteiger partial charge in [-0.2, -0.15) is 0 Å². The summed E-state index contributed by atoms with van der Waals surface area (Å²) in [6.45, 7) is 14.5.